The van der Waals surface area contributed by atoms with E-state index >= 15 is 0 Å². The molecular weight excluding hydrogens is 419 g/mol. The van der Waals surface area contributed by atoms with Crippen molar-refractivity contribution in [2.75, 3.05) is 6.54 Å². The first-order valence-corrected chi connectivity index (χ1v) is 10.7. The molecule has 1 aliphatic rings. The summed E-state index contributed by atoms with van der Waals surface area (Å²) in [5, 5.41) is 3.50. The van der Waals surface area contributed by atoms with Crippen LogP contribution in [-0.2, 0) is 29.1 Å². The first-order valence-electron chi connectivity index (χ1n) is 10.3. The predicted octanol–water partition coefficient (Wildman–Crippen LogP) is 2.51. The number of benzene rings is 2. The minimum atomic E-state index is -0.987. The number of nitrogens with one attached hydrogen (secondary N) is 1. The zero-order valence-electron chi connectivity index (χ0n) is 17.5. The molecular formula is C23H28ClFN4O2. The lowest BCUT2D eigenvalue weighted by molar-refractivity contribution is -0.145. The van der Waals surface area contributed by atoms with Gasteiger partial charge in [-0.15, -0.1) is 0 Å². The van der Waals surface area contributed by atoms with Gasteiger partial charge in [0.15, 0.2) is 0 Å². The summed E-state index contributed by atoms with van der Waals surface area (Å²) in [5.41, 5.74) is 13.5. The van der Waals surface area contributed by atoms with Crippen LogP contribution in [0.5, 0.6) is 0 Å². The molecule has 8 heteroatoms. The highest BCUT2D eigenvalue weighted by molar-refractivity contribution is 6.30. The fourth-order valence-electron chi connectivity index (χ4n) is 4.04. The standard InChI is InChI=1S/C23H28ClFN4O2/c1-23(22(31)28-14-17-12-18(24)6-5-16(17)13-26)9-2-10-29(23)21(30)20(27)11-15-3-7-19(25)8-4-15/h3-8,12,20H,2,9-11,13-14,26-27H2,1H3,(H,28,31)/t20-,23+/m1/s1. The first kappa shape index (κ1) is 23.2. The van der Waals surface area contributed by atoms with E-state index in [1.165, 1.54) is 12.1 Å². The second-order valence-electron chi connectivity index (χ2n) is 8.10. The van der Waals surface area contributed by atoms with Gasteiger partial charge >= 0.3 is 0 Å². The molecule has 0 bridgehead atoms. The molecule has 6 nitrogen and oxygen atoms in total. The van der Waals surface area contributed by atoms with Gasteiger partial charge in [-0.1, -0.05) is 29.8 Å². The molecule has 2 aromatic carbocycles. The number of hydrogen-bond donors (Lipinski definition) is 3. The van der Waals surface area contributed by atoms with Gasteiger partial charge in [0.25, 0.3) is 0 Å². The third-order valence-corrected chi connectivity index (χ3v) is 6.15. The lowest BCUT2D eigenvalue weighted by atomic mass is 9.95. The van der Waals surface area contributed by atoms with E-state index in [-0.39, 0.29) is 30.6 Å². The van der Waals surface area contributed by atoms with E-state index in [1.807, 2.05) is 6.07 Å². The van der Waals surface area contributed by atoms with Gasteiger partial charge in [0, 0.05) is 24.7 Å². The SMILES string of the molecule is C[C@@]1(C(=O)NCc2cc(Cl)ccc2CN)CCCN1C(=O)[C@H](N)Cc1ccc(F)cc1. The summed E-state index contributed by atoms with van der Waals surface area (Å²) in [5.74, 6) is -0.870. The van der Waals surface area contributed by atoms with E-state index in [9.17, 15) is 14.0 Å². The van der Waals surface area contributed by atoms with E-state index < -0.39 is 11.6 Å². The van der Waals surface area contributed by atoms with Gasteiger partial charge in [0.1, 0.15) is 11.4 Å². The van der Waals surface area contributed by atoms with Crippen molar-refractivity contribution in [1.29, 1.82) is 0 Å². The summed E-state index contributed by atoms with van der Waals surface area (Å²) in [4.78, 5) is 27.7. The molecule has 1 aliphatic heterocycles. The highest BCUT2D eigenvalue weighted by Crippen LogP contribution is 2.30. The molecule has 3 rings (SSSR count). The molecule has 0 aromatic heterocycles. The highest BCUT2D eigenvalue weighted by Gasteiger charge is 2.46. The van der Waals surface area contributed by atoms with Crippen LogP contribution < -0.4 is 16.8 Å². The molecule has 1 heterocycles. The van der Waals surface area contributed by atoms with Crippen molar-refractivity contribution in [3.05, 3.63) is 70.0 Å². The maximum Gasteiger partial charge on any atom is 0.245 e. The lowest BCUT2D eigenvalue weighted by Gasteiger charge is -2.35. The minimum absolute atomic E-state index is 0.240. The third-order valence-electron chi connectivity index (χ3n) is 5.91. The number of carbonyl (C=O) groups is 2. The Morgan fingerprint density at radius 1 is 1.23 bits per heavy atom. The zero-order chi connectivity index (χ0) is 22.6. The summed E-state index contributed by atoms with van der Waals surface area (Å²) in [6.45, 7) is 2.83. The van der Waals surface area contributed by atoms with Crippen molar-refractivity contribution in [2.24, 2.45) is 11.5 Å². The maximum atomic E-state index is 13.1. The van der Waals surface area contributed by atoms with Crippen LogP contribution in [0.4, 0.5) is 4.39 Å². The van der Waals surface area contributed by atoms with Crippen molar-refractivity contribution >= 4 is 23.4 Å². The van der Waals surface area contributed by atoms with Crippen molar-refractivity contribution < 1.29 is 14.0 Å². The molecule has 166 valence electrons. The van der Waals surface area contributed by atoms with Crippen molar-refractivity contribution in [1.82, 2.24) is 10.2 Å². The molecule has 1 fully saturated rings. The quantitative estimate of drug-likeness (QED) is 0.608. The van der Waals surface area contributed by atoms with Gasteiger partial charge in [0.05, 0.1) is 6.04 Å². The first-order chi connectivity index (χ1) is 14.7. The van der Waals surface area contributed by atoms with Gasteiger partial charge in [-0.25, -0.2) is 4.39 Å². The molecule has 2 aromatic rings. The molecule has 0 saturated carbocycles. The van der Waals surface area contributed by atoms with Crippen LogP contribution in [0.2, 0.25) is 5.02 Å². The van der Waals surface area contributed by atoms with Gasteiger partial charge < -0.3 is 21.7 Å². The smallest absolute Gasteiger partial charge is 0.245 e. The largest absolute Gasteiger partial charge is 0.350 e. The summed E-state index contributed by atoms with van der Waals surface area (Å²) in [7, 11) is 0. The Morgan fingerprint density at radius 3 is 2.61 bits per heavy atom. The molecule has 0 aliphatic carbocycles. The number of nitrogens with zero attached hydrogens (tertiary/aromatic N) is 1. The number of rotatable bonds is 7. The van der Waals surface area contributed by atoms with Crippen LogP contribution in [0.3, 0.4) is 0 Å². The number of halogens is 2. The van der Waals surface area contributed by atoms with E-state index in [4.69, 9.17) is 23.1 Å². The third kappa shape index (κ3) is 5.23. The van der Waals surface area contributed by atoms with Crippen LogP contribution in [0.25, 0.3) is 0 Å². The second kappa shape index (κ2) is 9.77. The summed E-state index contributed by atoms with van der Waals surface area (Å²) in [6.07, 6.45) is 1.53. The van der Waals surface area contributed by atoms with Crippen molar-refractivity contribution in [3.8, 4) is 0 Å². The van der Waals surface area contributed by atoms with Gasteiger partial charge in [0.2, 0.25) is 11.8 Å². The zero-order valence-corrected chi connectivity index (χ0v) is 18.3. The topological polar surface area (TPSA) is 101 Å². The lowest BCUT2D eigenvalue weighted by Crippen LogP contribution is -2.58. The summed E-state index contributed by atoms with van der Waals surface area (Å²) >= 11 is 6.08. The average molecular weight is 447 g/mol. The molecule has 5 N–H and O–H groups in total. The van der Waals surface area contributed by atoms with E-state index in [1.54, 1.807) is 36.1 Å². The average Bonchev–Trinajstić information content (AvgIpc) is 3.15. The normalized spacial score (nSPS) is 19.3. The predicted molar refractivity (Wildman–Crippen MR) is 119 cm³/mol. The molecule has 1 saturated heterocycles. The Hall–Kier alpha value is -2.48. The molecule has 0 radical (unpaired) electrons. The molecule has 0 spiro atoms. The van der Waals surface area contributed by atoms with Crippen LogP contribution in [-0.4, -0.2) is 34.8 Å². The number of hydrogen-bond acceptors (Lipinski definition) is 4. The fraction of sp³-hybridized carbons (Fsp3) is 0.391. The van der Waals surface area contributed by atoms with Crippen LogP contribution in [0.1, 0.15) is 36.5 Å². The monoisotopic (exact) mass is 446 g/mol. The van der Waals surface area contributed by atoms with Gasteiger partial charge in [-0.05, 0) is 67.1 Å². The Morgan fingerprint density at radius 2 is 1.94 bits per heavy atom. The Labute approximate surface area is 186 Å². The van der Waals surface area contributed by atoms with Gasteiger partial charge in [-0.3, -0.25) is 9.59 Å². The number of amides is 2. The Bertz CT molecular complexity index is 953. The summed E-state index contributed by atoms with van der Waals surface area (Å²) in [6, 6.07) is 10.5. The highest BCUT2D eigenvalue weighted by atomic mass is 35.5. The Balaban J connectivity index is 1.68. The van der Waals surface area contributed by atoms with E-state index in [0.717, 1.165) is 16.7 Å². The fourth-order valence-corrected chi connectivity index (χ4v) is 4.23. The van der Waals surface area contributed by atoms with Crippen molar-refractivity contribution in [2.45, 2.75) is 50.9 Å². The minimum Gasteiger partial charge on any atom is -0.350 e. The number of likely N-dealkylation sites (tertiary alicyclic amines) is 1. The maximum absolute atomic E-state index is 13.1. The van der Waals surface area contributed by atoms with E-state index in [2.05, 4.69) is 5.32 Å². The molecule has 2 amide bonds. The van der Waals surface area contributed by atoms with Gasteiger partial charge in [-0.2, -0.15) is 0 Å². The van der Waals surface area contributed by atoms with Crippen LogP contribution in [0.15, 0.2) is 42.5 Å². The molecule has 31 heavy (non-hydrogen) atoms. The second-order valence-corrected chi connectivity index (χ2v) is 8.54. The number of nitrogens with two attached hydrogens (primary N) is 2. The Kier molecular flexibility index (Phi) is 7.30. The van der Waals surface area contributed by atoms with E-state index in [0.29, 0.717) is 31.0 Å². The molecule has 0 unspecified atom stereocenters. The molecule has 2 atom stereocenters. The van der Waals surface area contributed by atoms with Crippen LogP contribution in [0, 0.1) is 5.82 Å². The summed E-state index contributed by atoms with van der Waals surface area (Å²) < 4.78 is 13.1. The van der Waals surface area contributed by atoms with Crippen molar-refractivity contribution in [3.63, 3.8) is 0 Å². The van der Waals surface area contributed by atoms with Crippen LogP contribution >= 0.6 is 11.6 Å². The number of carbonyl (C=O) groups excluding carboxylic acids is 2.